The van der Waals surface area contributed by atoms with Gasteiger partial charge >= 0.3 is 6.55 Å². The number of alkyl halides is 2. The molecule has 0 aromatic carbocycles. The van der Waals surface area contributed by atoms with Gasteiger partial charge in [-0.2, -0.15) is 8.78 Å². The van der Waals surface area contributed by atoms with Crippen LogP contribution < -0.4 is 5.56 Å². The number of aromatic hydroxyl groups is 1. The molecule has 0 aliphatic heterocycles. The van der Waals surface area contributed by atoms with E-state index in [0.717, 1.165) is 0 Å². The van der Waals surface area contributed by atoms with Crippen LogP contribution in [0.25, 0.3) is 0 Å². The number of hydrogen-bond acceptors (Lipinski definition) is 3. The second kappa shape index (κ2) is 3.02. The van der Waals surface area contributed by atoms with Crippen LogP contribution in [0.5, 0.6) is 5.88 Å². The molecule has 0 fully saturated rings. The van der Waals surface area contributed by atoms with Gasteiger partial charge in [-0.15, -0.1) is 0 Å². The fraction of sp³-hybridized carbons (Fsp3) is 0.200. The maximum Gasteiger partial charge on any atom is 0.323 e. The van der Waals surface area contributed by atoms with Gasteiger partial charge in [0.2, 0.25) is 5.88 Å². The zero-order valence-electron chi connectivity index (χ0n) is 5.62. The molecule has 0 unspecified atom stereocenters. The standard InChI is InChI=1S/C5H4F2N2O2S/c6-4(7)9-3(11)1-2(10)8-5(9)12/h1,4,11H,(H,8,10,12). The van der Waals surface area contributed by atoms with Crippen LogP contribution in [0.1, 0.15) is 6.55 Å². The maximum atomic E-state index is 12.0. The monoisotopic (exact) mass is 194 g/mol. The highest BCUT2D eigenvalue weighted by Crippen LogP contribution is 2.16. The summed E-state index contributed by atoms with van der Waals surface area (Å²) in [6, 6.07) is 0.627. The van der Waals surface area contributed by atoms with Gasteiger partial charge < -0.3 is 5.11 Å². The van der Waals surface area contributed by atoms with E-state index in [1.54, 1.807) is 0 Å². The number of H-pyrrole nitrogens is 1. The summed E-state index contributed by atoms with van der Waals surface area (Å²) in [6.07, 6.45) is 0. The minimum absolute atomic E-state index is 0.136. The lowest BCUT2D eigenvalue weighted by atomic mass is 10.6. The highest BCUT2D eigenvalue weighted by atomic mass is 32.1. The molecule has 1 heterocycles. The first kappa shape index (κ1) is 8.85. The summed E-state index contributed by atoms with van der Waals surface area (Å²) >= 11 is 4.37. The molecule has 0 saturated carbocycles. The van der Waals surface area contributed by atoms with E-state index in [1.807, 2.05) is 4.98 Å². The largest absolute Gasteiger partial charge is 0.494 e. The molecule has 0 aliphatic carbocycles. The molecule has 0 atom stereocenters. The SMILES string of the molecule is O=c1cc(O)n(C(F)F)c(=S)[nH]1. The van der Waals surface area contributed by atoms with Crippen molar-refractivity contribution in [1.82, 2.24) is 9.55 Å². The van der Waals surface area contributed by atoms with Crippen molar-refractivity contribution >= 4 is 12.2 Å². The van der Waals surface area contributed by atoms with Gasteiger partial charge in [-0.25, -0.2) is 4.57 Å². The van der Waals surface area contributed by atoms with E-state index in [1.165, 1.54) is 0 Å². The van der Waals surface area contributed by atoms with Gasteiger partial charge in [0, 0.05) is 0 Å². The molecule has 4 nitrogen and oxygen atoms in total. The predicted molar refractivity (Wildman–Crippen MR) is 38.8 cm³/mol. The summed E-state index contributed by atoms with van der Waals surface area (Å²) in [7, 11) is 0. The predicted octanol–water partition coefficient (Wildman–Crippen LogP) is 1.01. The van der Waals surface area contributed by atoms with Crippen LogP contribution >= 0.6 is 12.2 Å². The van der Waals surface area contributed by atoms with Gasteiger partial charge in [0.15, 0.2) is 4.77 Å². The number of hydrogen-bond donors (Lipinski definition) is 2. The number of aromatic amines is 1. The zero-order valence-corrected chi connectivity index (χ0v) is 6.44. The first-order chi connectivity index (χ1) is 5.52. The lowest BCUT2D eigenvalue weighted by Gasteiger charge is -2.05. The number of rotatable bonds is 1. The molecule has 12 heavy (non-hydrogen) atoms. The smallest absolute Gasteiger partial charge is 0.323 e. The Balaban J connectivity index is 3.49. The van der Waals surface area contributed by atoms with Crippen LogP contribution in [0, 0.1) is 4.77 Å². The lowest BCUT2D eigenvalue weighted by molar-refractivity contribution is 0.0581. The molecule has 7 heteroatoms. The van der Waals surface area contributed by atoms with E-state index >= 15 is 0 Å². The van der Waals surface area contributed by atoms with Crippen LogP contribution in [-0.2, 0) is 0 Å². The van der Waals surface area contributed by atoms with Crippen LogP contribution in [-0.4, -0.2) is 14.7 Å². The Kier molecular flexibility index (Phi) is 2.22. The van der Waals surface area contributed by atoms with E-state index in [0.29, 0.717) is 6.07 Å². The minimum atomic E-state index is -2.96. The van der Waals surface area contributed by atoms with E-state index in [-0.39, 0.29) is 4.57 Å². The Morgan fingerprint density at radius 3 is 2.67 bits per heavy atom. The van der Waals surface area contributed by atoms with Crippen molar-refractivity contribution in [2.75, 3.05) is 0 Å². The summed E-state index contributed by atoms with van der Waals surface area (Å²) in [6.45, 7) is -2.96. The number of nitrogens with zero attached hydrogens (tertiary/aromatic N) is 1. The zero-order chi connectivity index (χ0) is 9.30. The average molecular weight is 194 g/mol. The summed E-state index contributed by atoms with van der Waals surface area (Å²) in [5, 5.41) is 8.84. The van der Waals surface area contributed by atoms with Gasteiger partial charge in [0.25, 0.3) is 5.56 Å². The fourth-order valence-electron chi connectivity index (χ4n) is 0.681. The highest BCUT2D eigenvalue weighted by Gasteiger charge is 2.10. The van der Waals surface area contributed by atoms with E-state index in [4.69, 9.17) is 5.11 Å². The van der Waals surface area contributed by atoms with Crippen molar-refractivity contribution in [2.45, 2.75) is 6.55 Å². The Bertz CT molecular complexity index is 397. The molecule has 66 valence electrons. The Morgan fingerprint density at radius 1 is 1.67 bits per heavy atom. The molecule has 0 saturated heterocycles. The van der Waals surface area contributed by atoms with Crippen molar-refractivity contribution in [3.63, 3.8) is 0 Å². The third-order valence-electron chi connectivity index (χ3n) is 1.15. The summed E-state index contributed by atoms with van der Waals surface area (Å²) < 4.78 is 23.7. The summed E-state index contributed by atoms with van der Waals surface area (Å²) in [5.41, 5.74) is -0.714. The number of nitrogens with one attached hydrogen (secondary N) is 1. The second-order valence-electron chi connectivity index (χ2n) is 1.94. The molecule has 0 radical (unpaired) electrons. The van der Waals surface area contributed by atoms with Gasteiger partial charge in [-0.05, 0) is 12.2 Å². The third-order valence-corrected chi connectivity index (χ3v) is 1.45. The quantitative estimate of drug-likeness (QED) is 0.656. The number of aromatic nitrogens is 2. The van der Waals surface area contributed by atoms with Crippen LogP contribution in [0.4, 0.5) is 8.78 Å². The molecule has 2 N–H and O–H groups in total. The number of halogens is 2. The lowest BCUT2D eigenvalue weighted by Crippen LogP contribution is -2.12. The van der Waals surface area contributed by atoms with Crippen molar-refractivity contribution < 1.29 is 13.9 Å². The Morgan fingerprint density at radius 2 is 2.25 bits per heavy atom. The molecule has 1 aromatic rings. The summed E-state index contributed by atoms with van der Waals surface area (Å²) in [4.78, 5) is 12.5. The third kappa shape index (κ3) is 1.50. The van der Waals surface area contributed by atoms with Crippen molar-refractivity contribution in [2.24, 2.45) is 0 Å². The highest BCUT2D eigenvalue weighted by molar-refractivity contribution is 7.71. The molecule has 0 aliphatic rings. The topological polar surface area (TPSA) is 58.0 Å². The molecular formula is C5H4F2N2O2S. The first-order valence-corrected chi connectivity index (χ1v) is 3.26. The van der Waals surface area contributed by atoms with Crippen molar-refractivity contribution in [3.8, 4) is 5.88 Å². The maximum absolute atomic E-state index is 12.0. The molecule has 0 amide bonds. The van der Waals surface area contributed by atoms with Crippen LogP contribution in [0.2, 0.25) is 0 Å². The molecule has 0 bridgehead atoms. The van der Waals surface area contributed by atoms with E-state index < -0.39 is 22.8 Å². The fourth-order valence-corrected chi connectivity index (χ4v) is 0.955. The van der Waals surface area contributed by atoms with Crippen LogP contribution in [0.3, 0.4) is 0 Å². The second-order valence-corrected chi connectivity index (χ2v) is 2.33. The molecule has 1 rings (SSSR count). The van der Waals surface area contributed by atoms with Crippen molar-refractivity contribution in [3.05, 3.63) is 21.2 Å². The van der Waals surface area contributed by atoms with Gasteiger partial charge in [0.05, 0.1) is 6.07 Å². The van der Waals surface area contributed by atoms with E-state index in [9.17, 15) is 13.6 Å². The Hall–Kier alpha value is -1.24. The van der Waals surface area contributed by atoms with E-state index in [2.05, 4.69) is 12.2 Å². The first-order valence-electron chi connectivity index (χ1n) is 2.85. The minimum Gasteiger partial charge on any atom is -0.494 e. The molecule has 1 aromatic heterocycles. The van der Waals surface area contributed by atoms with Gasteiger partial charge in [-0.1, -0.05) is 0 Å². The summed E-state index contributed by atoms with van der Waals surface area (Å²) in [5.74, 6) is -0.848. The molecular weight excluding hydrogens is 190 g/mol. The van der Waals surface area contributed by atoms with Crippen LogP contribution in [0.15, 0.2) is 10.9 Å². The Labute approximate surface area is 70.1 Å². The van der Waals surface area contributed by atoms with Gasteiger partial charge in [-0.3, -0.25) is 9.78 Å². The normalized spacial score (nSPS) is 10.6. The average Bonchev–Trinajstić information content (AvgIpc) is 1.82. The van der Waals surface area contributed by atoms with Gasteiger partial charge in [0.1, 0.15) is 0 Å². The molecule has 0 spiro atoms. The van der Waals surface area contributed by atoms with Crippen molar-refractivity contribution in [1.29, 1.82) is 0 Å².